The van der Waals surface area contributed by atoms with Gasteiger partial charge in [0.05, 0.1) is 0 Å². The standard InChI is InChI=1S/C11H14N2O/c1-13(2)11-5-3-10(4-6-11)7-8-12-9-14/h3-9H,1-2H3,(H,12,14)/b8-7+. The van der Waals surface area contributed by atoms with Crippen molar-refractivity contribution in [3.05, 3.63) is 36.0 Å². The number of anilines is 1. The number of benzene rings is 1. The van der Waals surface area contributed by atoms with E-state index in [0.29, 0.717) is 6.41 Å². The molecule has 0 aliphatic heterocycles. The Morgan fingerprint density at radius 2 is 1.86 bits per heavy atom. The molecule has 0 aliphatic rings. The smallest absolute Gasteiger partial charge is 0.211 e. The van der Waals surface area contributed by atoms with Gasteiger partial charge in [-0.3, -0.25) is 4.79 Å². The molecule has 3 nitrogen and oxygen atoms in total. The molecule has 0 saturated carbocycles. The monoisotopic (exact) mass is 190 g/mol. The Balaban J connectivity index is 2.68. The van der Waals surface area contributed by atoms with Crippen molar-refractivity contribution >= 4 is 18.2 Å². The summed E-state index contributed by atoms with van der Waals surface area (Å²) in [5.74, 6) is 0. The Hall–Kier alpha value is -1.77. The summed E-state index contributed by atoms with van der Waals surface area (Å²) in [4.78, 5) is 12.0. The minimum absolute atomic E-state index is 0.644. The molecule has 1 N–H and O–H groups in total. The highest BCUT2D eigenvalue weighted by Crippen LogP contribution is 2.12. The zero-order chi connectivity index (χ0) is 10.4. The van der Waals surface area contributed by atoms with Crippen LogP contribution in [0.25, 0.3) is 6.08 Å². The Kier molecular flexibility index (Phi) is 3.73. The van der Waals surface area contributed by atoms with E-state index in [1.54, 1.807) is 6.20 Å². The lowest BCUT2D eigenvalue weighted by Gasteiger charge is -2.11. The summed E-state index contributed by atoms with van der Waals surface area (Å²) < 4.78 is 0. The SMILES string of the molecule is CN(C)c1ccc(/C=C/NC=O)cc1. The van der Waals surface area contributed by atoms with Crippen LogP contribution in [0.3, 0.4) is 0 Å². The number of carbonyl (C=O) groups is 1. The fourth-order valence-corrected chi connectivity index (χ4v) is 1.07. The van der Waals surface area contributed by atoms with E-state index in [2.05, 4.69) is 5.32 Å². The molecule has 0 heterocycles. The second kappa shape index (κ2) is 5.07. The molecule has 0 aliphatic carbocycles. The summed E-state index contributed by atoms with van der Waals surface area (Å²) in [6.45, 7) is 0. The van der Waals surface area contributed by atoms with E-state index >= 15 is 0 Å². The van der Waals surface area contributed by atoms with Gasteiger partial charge in [0.1, 0.15) is 0 Å². The zero-order valence-corrected chi connectivity index (χ0v) is 8.40. The Morgan fingerprint density at radius 3 is 2.36 bits per heavy atom. The number of hydrogen-bond donors (Lipinski definition) is 1. The number of hydrogen-bond acceptors (Lipinski definition) is 2. The molecular formula is C11H14N2O. The highest BCUT2D eigenvalue weighted by molar-refractivity contribution is 5.58. The third kappa shape index (κ3) is 2.94. The van der Waals surface area contributed by atoms with Gasteiger partial charge in [-0.15, -0.1) is 0 Å². The van der Waals surface area contributed by atoms with Gasteiger partial charge >= 0.3 is 0 Å². The van der Waals surface area contributed by atoms with Crippen LogP contribution in [0.5, 0.6) is 0 Å². The predicted molar refractivity (Wildman–Crippen MR) is 59.0 cm³/mol. The van der Waals surface area contributed by atoms with Gasteiger partial charge in [0.25, 0.3) is 0 Å². The quantitative estimate of drug-likeness (QED) is 0.729. The summed E-state index contributed by atoms with van der Waals surface area (Å²) in [7, 11) is 4.00. The number of nitrogens with one attached hydrogen (secondary N) is 1. The Bertz CT molecular complexity index is 315. The van der Waals surface area contributed by atoms with E-state index in [0.717, 1.165) is 11.3 Å². The van der Waals surface area contributed by atoms with Crippen molar-refractivity contribution in [1.29, 1.82) is 0 Å². The summed E-state index contributed by atoms with van der Waals surface area (Å²) in [6.07, 6.45) is 4.09. The van der Waals surface area contributed by atoms with Gasteiger partial charge in [-0.25, -0.2) is 0 Å². The van der Waals surface area contributed by atoms with Gasteiger partial charge in [0.15, 0.2) is 0 Å². The summed E-state index contributed by atoms with van der Waals surface area (Å²) >= 11 is 0. The van der Waals surface area contributed by atoms with Crippen LogP contribution < -0.4 is 10.2 Å². The summed E-state index contributed by atoms with van der Waals surface area (Å²) in [5, 5.41) is 2.46. The maximum absolute atomic E-state index is 9.97. The number of amides is 1. The largest absolute Gasteiger partial charge is 0.378 e. The third-order valence-corrected chi connectivity index (χ3v) is 1.85. The van der Waals surface area contributed by atoms with E-state index in [-0.39, 0.29) is 0 Å². The summed E-state index contributed by atoms with van der Waals surface area (Å²) in [5.41, 5.74) is 2.22. The van der Waals surface area contributed by atoms with Crippen molar-refractivity contribution in [3.63, 3.8) is 0 Å². The van der Waals surface area contributed by atoms with E-state index in [1.807, 2.05) is 49.3 Å². The fraction of sp³-hybridized carbons (Fsp3) is 0.182. The van der Waals surface area contributed by atoms with Crippen molar-refractivity contribution in [2.24, 2.45) is 0 Å². The van der Waals surface area contributed by atoms with Crippen LogP contribution in [0.4, 0.5) is 5.69 Å². The lowest BCUT2D eigenvalue weighted by molar-refractivity contribution is -0.108. The molecule has 3 heteroatoms. The van der Waals surface area contributed by atoms with E-state index in [9.17, 15) is 4.79 Å². The van der Waals surface area contributed by atoms with E-state index < -0.39 is 0 Å². The Labute approximate surface area is 84.0 Å². The number of rotatable bonds is 4. The first kappa shape index (κ1) is 10.3. The lowest BCUT2D eigenvalue weighted by atomic mass is 10.2. The van der Waals surface area contributed by atoms with Crippen molar-refractivity contribution in [2.75, 3.05) is 19.0 Å². The molecule has 1 rings (SSSR count). The first-order chi connectivity index (χ1) is 6.74. The predicted octanol–water partition coefficient (Wildman–Crippen LogP) is 1.47. The zero-order valence-electron chi connectivity index (χ0n) is 8.40. The van der Waals surface area contributed by atoms with E-state index in [1.165, 1.54) is 0 Å². The number of carbonyl (C=O) groups excluding carboxylic acids is 1. The van der Waals surface area contributed by atoms with Gasteiger partial charge in [0, 0.05) is 26.0 Å². The number of nitrogens with zero attached hydrogens (tertiary/aromatic N) is 1. The van der Waals surface area contributed by atoms with E-state index in [4.69, 9.17) is 0 Å². The first-order valence-corrected chi connectivity index (χ1v) is 4.37. The molecule has 0 saturated heterocycles. The molecule has 0 atom stereocenters. The van der Waals surface area contributed by atoms with Gasteiger partial charge in [-0.2, -0.15) is 0 Å². The molecule has 1 aromatic rings. The highest BCUT2D eigenvalue weighted by atomic mass is 16.1. The molecule has 0 unspecified atom stereocenters. The van der Waals surface area contributed by atoms with Crippen LogP contribution in [0.1, 0.15) is 5.56 Å². The lowest BCUT2D eigenvalue weighted by Crippen LogP contribution is -2.07. The molecule has 1 aromatic carbocycles. The maximum Gasteiger partial charge on any atom is 0.211 e. The average molecular weight is 190 g/mol. The van der Waals surface area contributed by atoms with Crippen LogP contribution in [-0.2, 0) is 4.79 Å². The van der Waals surface area contributed by atoms with Gasteiger partial charge in [-0.1, -0.05) is 12.1 Å². The van der Waals surface area contributed by atoms with Crippen molar-refractivity contribution in [3.8, 4) is 0 Å². The second-order valence-electron chi connectivity index (χ2n) is 3.10. The molecule has 0 radical (unpaired) electrons. The molecular weight excluding hydrogens is 176 g/mol. The van der Waals surface area contributed by atoms with Crippen LogP contribution >= 0.6 is 0 Å². The van der Waals surface area contributed by atoms with Gasteiger partial charge in [-0.05, 0) is 23.8 Å². The van der Waals surface area contributed by atoms with Crippen molar-refractivity contribution < 1.29 is 4.79 Å². The topological polar surface area (TPSA) is 32.3 Å². The molecule has 0 bridgehead atoms. The first-order valence-electron chi connectivity index (χ1n) is 4.37. The van der Waals surface area contributed by atoms with Crippen LogP contribution in [-0.4, -0.2) is 20.5 Å². The van der Waals surface area contributed by atoms with Crippen LogP contribution in [0, 0.1) is 0 Å². The van der Waals surface area contributed by atoms with Crippen molar-refractivity contribution in [2.45, 2.75) is 0 Å². The summed E-state index contributed by atoms with van der Waals surface area (Å²) in [6, 6.07) is 8.05. The highest BCUT2D eigenvalue weighted by Gasteiger charge is 1.92. The molecule has 0 aromatic heterocycles. The van der Waals surface area contributed by atoms with Crippen LogP contribution in [0.2, 0.25) is 0 Å². The second-order valence-corrected chi connectivity index (χ2v) is 3.10. The van der Waals surface area contributed by atoms with Gasteiger partial charge in [0.2, 0.25) is 6.41 Å². The maximum atomic E-state index is 9.97. The molecule has 14 heavy (non-hydrogen) atoms. The molecule has 1 amide bonds. The molecule has 0 spiro atoms. The van der Waals surface area contributed by atoms with Crippen molar-refractivity contribution in [1.82, 2.24) is 5.32 Å². The van der Waals surface area contributed by atoms with Crippen LogP contribution in [0.15, 0.2) is 30.5 Å². The Morgan fingerprint density at radius 1 is 1.21 bits per heavy atom. The fourth-order valence-electron chi connectivity index (χ4n) is 1.07. The van der Waals surface area contributed by atoms with Gasteiger partial charge < -0.3 is 10.2 Å². The molecule has 0 fully saturated rings. The molecule has 74 valence electrons. The normalized spacial score (nSPS) is 10.1. The average Bonchev–Trinajstić information content (AvgIpc) is 2.19. The minimum Gasteiger partial charge on any atom is -0.378 e. The third-order valence-electron chi connectivity index (χ3n) is 1.85. The minimum atomic E-state index is 0.644.